The van der Waals surface area contributed by atoms with Crippen LogP contribution < -0.4 is 11.1 Å². The van der Waals surface area contributed by atoms with Crippen LogP contribution in [0.3, 0.4) is 0 Å². The Kier molecular flexibility index (Phi) is 2.59. The van der Waals surface area contributed by atoms with Crippen molar-refractivity contribution in [3.8, 4) is 0 Å². The van der Waals surface area contributed by atoms with Crippen LogP contribution in [0.15, 0.2) is 0 Å². The van der Waals surface area contributed by atoms with Gasteiger partial charge in [-0.15, -0.1) is 0 Å². The molecule has 0 heterocycles. The first-order valence-electron chi connectivity index (χ1n) is 1.87. The number of carbonyl (C=O) groups is 2. The molecule has 0 saturated carbocycles. The topological polar surface area (TPSA) is 92.4 Å². The summed E-state index contributed by atoms with van der Waals surface area (Å²) in [7, 11) is 0. The van der Waals surface area contributed by atoms with Crippen LogP contribution in [-0.2, 0) is 9.59 Å². The van der Waals surface area contributed by atoms with Crippen molar-refractivity contribution < 1.29 is 14.7 Å². The molecule has 0 saturated heterocycles. The Balaban J connectivity index is 3.79. The molecule has 0 aliphatic rings. The zero-order chi connectivity index (χ0) is 7.44. The maximum absolute atomic E-state index is 10.1. The highest BCUT2D eigenvalue weighted by atomic mass is 32.1. The molecule has 5 nitrogen and oxygen atoms in total. The Bertz CT molecular complexity index is 166. The number of aliphatic carboxylic acids is 1. The molecule has 50 valence electrons. The van der Waals surface area contributed by atoms with Gasteiger partial charge >= 0.3 is 11.9 Å². The van der Waals surface area contributed by atoms with Gasteiger partial charge in [0.05, 0.1) is 0 Å². The number of amides is 1. The standard InChI is InChI=1S/C3H4N2O3S/c4-3(9)5-1(6)2(7)8/h(H,7,8)(H3,4,5,6,9). The third-order valence-corrected chi connectivity index (χ3v) is 0.533. The van der Waals surface area contributed by atoms with E-state index in [0.717, 1.165) is 0 Å². The molecular weight excluding hydrogens is 144 g/mol. The summed E-state index contributed by atoms with van der Waals surface area (Å²) in [4.78, 5) is 19.8. The molecule has 0 aliphatic heterocycles. The molecular formula is C3H4N2O3S. The minimum absolute atomic E-state index is 0.345. The van der Waals surface area contributed by atoms with Crippen molar-refractivity contribution in [3.05, 3.63) is 0 Å². The fraction of sp³-hybridized carbons (Fsp3) is 0. The number of carbonyl (C=O) groups excluding carboxylic acids is 1. The van der Waals surface area contributed by atoms with Gasteiger partial charge in [-0.05, 0) is 12.2 Å². The summed E-state index contributed by atoms with van der Waals surface area (Å²) in [5.74, 6) is -2.83. The number of nitrogens with one attached hydrogen (secondary N) is 1. The quantitative estimate of drug-likeness (QED) is 0.285. The third-order valence-electron chi connectivity index (χ3n) is 0.431. The lowest BCUT2D eigenvalue weighted by molar-refractivity contribution is -0.149. The van der Waals surface area contributed by atoms with E-state index < -0.39 is 11.9 Å². The Morgan fingerprint density at radius 1 is 1.56 bits per heavy atom. The Morgan fingerprint density at radius 3 is 2.11 bits per heavy atom. The van der Waals surface area contributed by atoms with Crippen molar-refractivity contribution in [2.24, 2.45) is 5.73 Å². The second-order valence-corrected chi connectivity index (χ2v) is 1.56. The lowest BCUT2D eigenvalue weighted by Crippen LogP contribution is -2.39. The molecule has 0 spiro atoms. The van der Waals surface area contributed by atoms with Crippen molar-refractivity contribution in [1.82, 2.24) is 5.32 Å². The maximum atomic E-state index is 10.1. The first-order chi connectivity index (χ1) is 4.04. The second kappa shape index (κ2) is 2.98. The number of rotatable bonds is 0. The predicted octanol–water partition coefficient (Wildman–Crippen LogP) is -1.57. The molecule has 0 rings (SSSR count). The molecule has 0 aromatic carbocycles. The van der Waals surface area contributed by atoms with E-state index in [2.05, 4.69) is 12.2 Å². The zero-order valence-corrected chi connectivity index (χ0v) is 5.07. The van der Waals surface area contributed by atoms with Gasteiger partial charge in [0.1, 0.15) is 0 Å². The third kappa shape index (κ3) is 3.42. The molecule has 6 heteroatoms. The van der Waals surface area contributed by atoms with E-state index in [0.29, 0.717) is 0 Å². The van der Waals surface area contributed by atoms with E-state index in [9.17, 15) is 9.59 Å². The van der Waals surface area contributed by atoms with Crippen LogP contribution in [0.5, 0.6) is 0 Å². The number of thiocarbonyl (C=S) groups is 1. The van der Waals surface area contributed by atoms with Crippen LogP contribution in [0.4, 0.5) is 0 Å². The van der Waals surface area contributed by atoms with E-state index in [-0.39, 0.29) is 5.11 Å². The molecule has 0 atom stereocenters. The maximum Gasteiger partial charge on any atom is 0.394 e. The van der Waals surface area contributed by atoms with Crippen molar-refractivity contribution in [2.75, 3.05) is 0 Å². The fourth-order valence-electron chi connectivity index (χ4n) is 0.165. The first-order valence-corrected chi connectivity index (χ1v) is 2.28. The summed E-state index contributed by atoms with van der Waals surface area (Å²) in [6.07, 6.45) is 0. The number of hydrogen-bond acceptors (Lipinski definition) is 3. The Labute approximate surface area is 55.8 Å². The zero-order valence-electron chi connectivity index (χ0n) is 4.25. The van der Waals surface area contributed by atoms with Crippen LogP contribution in [0, 0.1) is 0 Å². The van der Waals surface area contributed by atoms with Gasteiger partial charge in [0, 0.05) is 0 Å². The van der Waals surface area contributed by atoms with Crippen LogP contribution >= 0.6 is 12.2 Å². The van der Waals surface area contributed by atoms with Crippen LogP contribution in [0.25, 0.3) is 0 Å². The van der Waals surface area contributed by atoms with E-state index in [1.807, 2.05) is 0 Å². The van der Waals surface area contributed by atoms with Crippen LogP contribution in [-0.4, -0.2) is 22.1 Å². The van der Waals surface area contributed by atoms with E-state index >= 15 is 0 Å². The highest BCUT2D eigenvalue weighted by molar-refractivity contribution is 7.80. The minimum atomic E-state index is -1.61. The lowest BCUT2D eigenvalue weighted by Gasteiger charge is -1.94. The van der Waals surface area contributed by atoms with Gasteiger partial charge in [0.15, 0.2) is 5.11 Å². The molecule has 0 bridgehead atoms. The molecule has 0 aliphatic carbocycles. The van der Waals surface area contributed by atoms with Gasteiger partial charge in [-0.3, -0.25) is 10.1 Å². The highest BCUT2D eigenvalue weighted by Crippen LogP contribution is 1.64. The number of carboxylic acid groups (broad SMARTS) is 1. The number of carboxylic acids is 1. The summed E-state index contributed by atoms with van der Waals surface area (Å²) in [5.41, 5.74) is 4.77. The monoisotopic (exact) mass is 148 g/mol. The summed E-state index contributed by atoms with van der Waals surface area (Å²) in [6, 6.07) is 0. The van der Waals surface area contributed by atoms with Crippen molar-refractivity contribution in [3.63, 3.8) is 0 Å². The molecule has 4 N–H and O–H groups in total. The first kappa shape index (κ1) is 7.83. The lowest BCUT2D eigenvalue weighted by atomic mass is 10.6. The molecule has 0 fully saturated rings. The predicted molar refractivity (Wildman–Crippen MR) is 32.6 cm³/mol. The van der Waals surface area contributed by atoms with E-state index in [1.165, 1.54) is 0 Å². The molecule has 0 radical (unpaired) electrons. The summed E-state index contributed by atoms with van der Waals surface area (Å²) in [6.45, 7) is 0. The minimum Gasteiger partial charge on any atom is -0.474 e. The molecule has 0 aromatic heterocycles. The molecule has 1 amide bonds. The van der Waals surface area contributed by atoms with Gasteiger partial charge in [-0.1, -0.05) is 0 Å². The van der Waals surface area contributed by atoms with Gasteiger partial charge in [0.2, 0.25) is 0 Å². The molecule has 9 heavy (non-hydrogen) atoms. The average Bonchev–Trinajstić information content (AvgIpc) is 1.63. The smallest absolute Gasteiger partial charge is 0.394 e. The van der Waals surface area contributed by atoms with Gasteiger partial charge in [-0.25, -0.2) is 4.79 Å². The number of hydrogen-bond donors (Lipinski definition) is 3. The van der Waals surface area contributed by atoms with E-state index in [4.69, 9.17) is 10.8 Å². The van der Waals surface area contributed by atoms with E-state index in [1.54, 1.807) is 5.32 Å². The second-order valence-electron chi connectivity index (χ2n) is 1.12. The van der Waals surface area contributed by atoms with Gasteiger partial charge in [-0.2, -0.15) is 0 Å². The Morgan fingerprint density at radius 2 is 2.00 bits per heavy atom. The van der Waals surface area contributed by atoms with Crippen LogP contribution in [0.2, 0.25) is 0 Å². The van der Waals surface area contributed by atoms with Crippen molar-refractivity contribution >= 4 is 29.2 Å². The van der Waals surface area contributed by atoms with Crippen molar-refractivity contribution in [1.29, 1.82) is 0 Å². The largest absolute Gasteiger partial charge is 0.474 e. The van der Waals surface area contributed by atoms with Crippen molar-refractivity contribution in [2.45, 2.75) is 0 Å². The van der Waals surface area contributed by atoms with Crippen LogP contribution in [0.1, 0.15) is 0 Å². The summed E-state index contributed by atoms with van der Waals surface area (Å²) >= 11 is 4.17. The summed E-state index contributed by atoms with van der Waals surface area (Å²) in [5, 5.41) is 9.27. The van der Waals surface area contributed by atoms with Gasteiger partial charge < -0.3 is 10.8 Å². The highest BCUT2D eigenvalue weighted by Gasteiger charge is 2.09. The SMILES string of the molecule is NC(=S)NC(=O)C(=O)O. The normalized spacial score (nSPS) is 8.00. The fourth-order valence-corrected chi connectivity index (χ4v) is 0.258. The number of nitrogens with two attached hydrogens (primary N) is 1. The van der Waals surface area contributed by atoms with Gasteiger partial charge in [0.25, 0.3) is 0 Å². The average molecular weight is 148 g/mol. The Hall–Kier alpha value is -1.17. The molecule has 0 unspecified atom stereocenters. The summed E-state index contributed by atoms with van der Waals surface area (Å²) < 4.78 is 0. The molecule has 0 aromatic rings.